The summed E-state index contributed by atoms with van der Waals surface area (Å²) in [6, 6.07) is 7.56. The Hall–Kier alpha value is -2.89. The highest BCUT2D eigenvalue weighted by Crippen LogP contribution is 2.45. The number of phenols is 2. The summed E-state index contributed by atoms with van der Waals surface area (Å²) < 4.78 is 16.9. The molecule has 0 aliphatic carbocycles. The molecule has 32 heavy (non-hydrogen) atoms. The van der Waals surface area contributed by atoms with E-state index in [0.29, 0.717) is 5.56 Å². The monoisotopic (exact) mass is 448 g/mol. The van der Waals surface area contributed by atoms with Crippen LogP contribution in [0.5, 0.6) is 23.0 Å². The zero-order valence-electron chi connectivity index (χ0n) is 17.1. The van der Waals surface area contributed by atoms with Gasteiger partial charge in [0.25, 0.3) is 0 Å². The molecule has 2 aromatic carbocycles. The van der Waals surface area contributed by atoms with E-state index in [1.165, 1.54) is 25.1 Å². The molecule has 1 fully saturated rings. The summed E-state index contributed by atoms with van der Waals surface area (Å²) in [5, 5.41) is 59.6. The summed E-state index contributed by atoms with van der Waals surface area (Å²) >= 11 is 0. The summed E-state index contributed by atoms with van der Waals surface area (Å²) in [5.74, 6) is -0.549. The van der Waals surface area contributed by atoms with Gasteiger partial charge in [0.15, 0.2) is 5.78 Å². The molecule has 0 bridgehead atoms. The Morgan fingerprint density at radius 2 is 1.75 bits per heavy atom. The largest absolute Gasteiger partial charge is 0.508 e. The molecule has 2 aliphatic rings. The first-order valence-corrected chi connectivity index (χ1v) is 10.0. The van der Waals surface area contributed by atoms with Gasteiger partial charge < -0.3 is 44.8 Å². The fraction of sp³-hybridized carbons (Fsp3) is 0.409. The highest BCUT2D eigenvalue weighted by molar-refractivity contribution is 6.03. The standard InChI is InChI=1S/C22H24O10/c1-9-13(31-22-21(29)20(28)19(27)16(8-23)32-22)7-15-17(18(9)26)12(25)6-14(30-15)10-2-4-11(24)5-3-10/h2-5,7,14,16,19-24,26-29H,6,8H2,1H3/t14-,16+,19+,20-,21+,22+/m0/s1. The Morgan fingerprint density at radius 3 is 2.41 bits per heavy atom. The van der Waals surface area contributed by atoms with Gasteiger partial charge in [-0.2, -0.15) is 0 Å². The summed E-state index contributed by atoms with van der Waals surface area (Å²) in [5.41, 5.74) is 0.831. The number of benzene rings is 2. The van der Waals surface area contributed by atoms with E-state index in [1.54, 1.807) is 12.1 Å². The predicted molar refractivity (Wildman–Crippen MR) is 108 cm³/mol. The van der Waals surface area contributed by atoms with Crippen LogP contribution in [0.1, 0.15) is 34.0 Å². The highest BCUT2D eigenvalue weighted by Gasteiger charge is 2.45. The van der Waals surface area contributed by atoms with Gasteiger partial charge in [0.05, 0.1) is 13.0 Å². The first-order chi connectivity index (χ1) is 15.2. The van der Waals surface area contributed by atoms with Crippen molar-refractivity contribution in [2.75, 3.05) is 6.61 Å². The predicted octanol–water partition coefficient (Wildman–Crippen LogP) is 0.291. The average molecular weight is 448 g/mol. The Balaban J connectivity index is 1.64. The van der Waals surface area contributed by atoms with Gasteiger partial charge in [-0.1, -0.05) is 12.1 Å². The number of carbonyl (C=O) groups excluding carboxylic acids is 1. The van der Waals surface area contributed by atoms with Crippen LogP contribution < -0.4 is 9.47 Å². The third-order valence-electron chi connectivity index (χ3n) is 5.75. The van der Waals surface area contributed by atoms with E-state index >= 15 is 0 Å². The van der Waals surface area contributed by atoms with Gasteiger partial charge in [-0.25, -0.2) is 0 Å². The quantitative estimate of drug-likeness (QED) is 0.383. The maximum atomic E-state index is 12.7. The molecule has 4 rings (SSSR count). The van der Waals surface area contributed by atoms with Crippen molar-refractivity contribution in [1.82, 2.24) is 0 Å². The lowest BCUT2D eigenvalue weighted by Gasteiger charge is -2.39. The normalized spacial score (nSPS) is 29.8. The fourth-order valence-corrected chi connectivity index (χ4v) is 3.84. The van der Waals surface area contributed by atoms with Crippen LogP contribution in [0.25, 0.3) is 0 Å². The summed E-state index contributed by atoms with van der Waals surface area (Å²) in [6.07, 6.45) is -8.11. The molecule has 2 aliphatic heterocycles. The molecule has 0 amide bonds. The van der Waals surface area contributed by atoms with Crippen LogP contribution in [0.2, 0.25) is 0 Å². The maximum Gasteiger partial charge on any atom is 0.229 e. The minimum Gasteiger partial charge on any atom is -0.508 e. The third kappa shape index (κ3) is 3.87. The Morgan fingerprint density at radius 1 is 1.06 bits per heavy atom. The molecule has 172 valence electrons. The fourth-order valence-electron chi connectivity index (χ4n) is 3.84. The summed E-state index contributed by atoms with van der Waals surface area (Å²) in [6.45, 7) is 0.874. The summed E-state index contributed by atoms with van der Waals surface area (Å²) in [4.78, 5) is 12.7. The van der Waals surface area contributed by atoms with Crippen LogP contribution in [-0.4, -0.2) is 73.7 Å². The van der Waals surface area contributed by atoms with E-state index in [-0.39, 0.29) is 46.3 Å². The molecule has 1 saturated heterocycles. The maximum absolute atomic E-state index is 12.7. The molecular formula is C22H24O10. The number of phenolic OH excluding ortho intramolecular Hbond substituents is 2. The van der Waals surface area contributed by atoms with Crippen molar-refractivity contribution < 1.29 is 49.6 Å². The second kappa shape index (κ2) is 8.57. The first-order valence-electron chi connectivity index (χ1n) is 10.0. The lowest BCUT2D eigenvalue weighted by atomic mass is 9.94. The van der Waals surface area contributed by atoms with Gasteiger partial charge in [0.1, 0.15) is 59.1 Å². The van der Waals surface area contributed by atoms with Gasteiger partial charge in [-0.15, -0.1) is 0 Å². The van der Waals surface area contributed by atoms with E-state index in [0.717, 1.165) is 0 Å². The Kier molecular flexibility index (Phi) is 5.97. The van der Waals surface area contributed by atoms with Crippen molar-refractivity contribution >= 4 is 5.78 Å². The van der Waals surface area contributed by atoms with Crippen LogP contribution in [0, 0.1) is 6.92 Å². The number of aromatic hydroxyl groups is 2. The van der Waals surface area contributed by atoms with Gasteiger partial charge in [-0.05, 0) is 24.6 Å². The number of ketones is 1. The van der Waals surface area contributed by atoms with Gasteiger partial charge in [0.2, 0.25) is 6.29 Å². The Bertz CT molecular complexity index is 1000. The first kappa shape index (κ1) is 22.3. The molecule has 0 unspecified atom stereocenters. The van der Waals surface area contributed by atoms with Gasteiger partial charge in [-0.3, -0.25) is 4.79 Å². The van der Waals surface area contributed by atoms with Crippen LogP contribution in [0.15, 0.2) is 30.3 Å². The van der Waals surface area contributed by atoms with Crippen molar-refractivity contribution in [2.24, 2.45) is 0 Å². The number of aliphatic hydroxyl groups is 4. The molecule has 10 heteroatoms. The molecule has 0 radical (unpaired) electrons. The number of ether oxygens (including phenoxy) is 3. The number of fused-ring (bicyclic) bond motifs is 1. The SMILES string of the molecule is Cc1c(O[C@@H]2O[C@H](CO)[C@@H](O)[C@H](O)[C@H]2O)cc2c(c1O)C(=O)C[C@@H](c1ccc(O)cc1)O2. The smallest absolute Gasteiger partial charge is 0.229 e. The number of hydrogen-bond acceptors (Lipinski definition) is 10. The lowest BCUT2D eigenvalue weighted by molar-refractivity contribution is -0.277. The van der Waals surface area contributed by atoms with E-state index in [9.17, 15) is 35.4 Å². The minimum atomic E-state index is -1.64. The average Bonchev–Trinajstić information content (AvgIpc) is 2.77. The Labute approximate surface area is 182 Å². The summed E-state index contributed by atoms with van der Waals surface area (Å²) in [7, 11) is 0. The van der Waals surface area contributed by atoms with Gasteiger partial charge in [0, 0.05) is 11.6 Å². The molecular weight excluding hydrogens is 424 g/mol. The van der Waals surface area contributed by atoms with E-state index in [1.807, 2.05) is 0 Å². The zero-order chi connectivity index (χ0) is 23.2. The number of Topliss-reactive ketones (excluding diaryl/α,β-unsaturated/α-hetero) is 1. The molecule has 0 spiro atoms. The molecule has 6 N–H and O–H groups in total. The second-order valence-corrected chi connectivity index (χ2v) is 7.86. The molecule has 6 atom stereocenters. The van der Waals surface area contributed by atoms with E-state index in [4.69, 9.17) is 14.2 Å². The minimum absolute atomic E-state index is 0.00122. The molecule has 2 aromatic rings. The number of hydrogen-bond donors (Lipinski definition) is 6. The highest BCUT2D eigenvalue weighted by atomic mass is 16.7. The number of rotatable bonds is 4. The van der Waals surface area contributed by atoms with Gasteiger partial charge >= 0.3 is 0 Å². The molecule has 0 aromatic heterocycles. The van der Waals surface area contributed by atoms with Crippen LogP contribution in [0.3, 0.4) is 0 Å². The van der Waals surface area contributed by atoms with Crippen molar-refractivity contribution in [3.8, 4) is 23.0 Å². The van der Waals surface area contributed by atoms with E-state index < -0.39 is 43.4 Å². The molecule has 0 saturated carbocycles. The van der Waals surface area contributed by atoms with Crippen molar-refractivity contribution in [2.45, 2.75) is 50.2 Å². The topological polar surface area (TPSA) is 166 Å². The van der Waals surface area contributed by atoms with Crippen LogP contribution in [-0.2, 0) is 4.74 Å². The third-order valence-corrected chi connectivity index (χ3v) is 5.75. The van der Waals surface area contributed by atoms with E-state index in [2.05, 4.69) is 0 Å². The molecule has 10 nitrogen and oxygen atoms in total. The lowest BCUT2D eigenvalue weighted by Crippen LogP contribution is -2.60. The molecule has 2 heterocycles. The zero-order valence-corrected chi connectivity index (χ0v) is 17.1. The van der Waals surface area contributed by atoms with Crippen LogP contribution in [0.4, 0.5) is 0 Å². The van der Waals surface area contributed by atoms with Crippen molar-refractivity contribution in [1.29, 1.82) is 0 Å². The van der Waals surface area contributed by atoms with Crippen molar-refractivity contribution in [3.63, 3.8) is 0 Å². The number of carbonyl (C=O) groups is 1. The second-order valence-electron chi connectivity index (χ2n) is 7.86. The van der Waals surface area contributed by atoms with Crippen molar-refractivity contribution in [3.05, 3.63) is 47.0 Å². The number of aliphatic hydroxyl groups excluding tert-OH is 4. The van der Waals surface area contributed by atoms with Crippen LogP contribution >= 0.6 is 0 Å².